The predicted molar refractivity (Wildman–Crippen MR) is 118 cm³/mol. The van der Waals surface area contributed by atoms with Gasteiger partial charge in [0.15, 0.2) is 0 Å². The van der Waals surface area contributed by atoms with Crippen LogP contribution in [0.2, 0.25) is 0 Å². The van der Waals surface area contributed by atoms with Crippen LogP contribution in [0.15, 0.2) is 9.59 Å². The second kappa shape index (κ2) is 18.0. The van der Waals surface area contributed by atoms with Crippen molar-refractivity contribution in [1.82, 2.24) is 0 Å². The maximum absolute atomic E-state index is 11.6. The van der Waals surface area contributed by atoms with Crippen LogP contribution < -0.4 is 21.5 Å². The molecule has 0 saturated carbocycles. The van der Waals surface area contributed by atoms with Gasteiger partial charge >= 0.3 is 0 Å². The Kier molecular flexibility index (Phi) is 16.9. The number of carbonyl (C=O) groups is 1. The lowest BCUT2D eigenvalue weighted by Gasteiger charge is -2.14. The van der Waals surface area contributed by atoms with Gasteiger partial charge in [0.25, 0.3) is 10.9 Å². The topological polar surface area (TPSA) is 112 Å². The minimum atomic E-state index is -0.515. The molecule has 0 radical (unpaired) electrons. The minimum Gasteiger partial charge on any atom is -0.383 e. The van der Waals surface area contributed by atoms with E-state index in [4.69, 9.17) is 18.9 Å². The zero-order chi connectivity index (χ0) is 22.8. The fourth-order valence-electron chi connectivity index (χ4n) is 2.26. The number of nitrogens with one attached hydrogen (secondary N) is 2. The van der Waals surface area contributed by atoms with Crippen LogP contribution in [0.3, 0.4) is 0 Å². The van der Waals surface area contributed by atoms with E-state index in [-0.39, 0.29) is 11.7 Å². The van der Waals surface area contributed by atoms with E-state index in [1.165, 1.54) is 0 Å². The highest BCUT2D eigenvalue weighted by Gasteiger charge is 2.19. The number of hydrogen-bond acceptors (Lipinski definition) is 9. The molecule has 1 aromatic rings. The third kappa shape index (κ3) is 11.4. The molecule has 9 heteroatoms. The van der Waals surface area contributed by atoms with E-state index in [1.54, 1.807) is 7.11 Å². The van der Waals surface area contributed by atoms with Gasteiger partial charge in [0.05, 0.1) is 46.2 Å². The number of ketones is 1. The van der Waals surface area contributed by atoms with Gasteiger partial charge in [-0.25, -0.2) is 0 Å². The maximum Gasteiger partial charge on any atom is 0.253 e. The van der Waals surface area contributed by atoms with E-state index < -0.39 is 10.9 Å². The quantitative estimate of drug-likeness (QED) is 0.264. The third-order valence-corrected chi connectivity index (χ3v) is 3.95. The first-order chi connectivity index (χ1) is 14.5. The first-order valence-electron chi connectivity index (χ1n) is 10.5. The van der Waals surface area contributed by atoms with Crippen molar-refractivity contribution in [1.29, 1.82) is 0 Å². The summed E-state index contributed by atoms with van der Waals surface area (Å²) < 4.78 is 21.0. The summed E-state index contributed by atoms with van der Waals surface area (Å²) in [6.07, 6.45) is 0.432. The number of methoxy groups -OCH3 is 1. The van der Waals surface area contributed by atoms with Crippen LogP contribution in [0.25, 0.3) is 0 Å². The van der Waals surface area contributed by atoms with E-state index in [1.807, 2.05) is 27.7 Å². The van der Waals surface area contributed by atoms with Gasteiger partial charge in [-0.2, -0.15) is 0 Å². The Morgan fingerprint density at radius 2 is 1.20 bits per heavy atom. The molecule has 0 bridgehead atoms. The fraction of sp³-hybridized carbons (Fsp3) is 0.762. The second-order valence-electron chi connectivity index (χ2n) is 6.46. The first-order valence-corrected chi connectivity index (χ1v) is 10.5. The summed E-state index contributed by atoms with van der Waals surface area (Å²) in [7, 11) is 1.56. The SMILES string of the molecule is CC.COCCNc1c(NCCOCCOCCOCCC(=O)C(C)C)c(=O)c1=O. The van der Waals surface area contributed by atoms with Gasteiger partial charge in [-0.3, -0.25) is 14.4 Å². The number of carbonyl (C=O) groups excluding carboxylic acids is 1. The molecule has 0 aliphatic heterocycles. The Labute approximate surface area is 179 Å². The van der Waals surface area contributed by atoms with Crippen molar-refractivity contribution in [3.8, 4) is 0 Å². The van der Waals surface area contributed by atoms with Crippen LogP contribution in [-0.4, -0.2) is 72.2 Å². The molecule has 0 aliphatic carbocycles. The summed E-state index contributed by atoms with van der Waals surface area (Å²) in [5, 5.41) is 5.79. The molecule has 0 amide bonds. The van der Waals surface area contributed by atoms with Gasteiger partial charge in [0.2, 0.25) is 0 Å². The smallest absolute Gasteiger partial charge is 0.253 e. The molecule has 0 spiro atoms. The normalized spacial score (nSPS) is 10.7. The summed E-state index contributed by atoms with van der Waals surface area (Å²) in [6, 6.07) is 0. The Bertz CT molecular complexity index is 640. The zero-order valence-corrected chi connectivity index (χ0v) is 19.0. The highest BCUT2D eigenvalue weighted by atomic mass is 16.5. The van der Waals surface area contributed by atoms with Crippen molar-refractivity contribution < 1.29 is 23.7 Å². The summed E-state index contributed by atoms with van der Waals surface area (Å²) >= 11 is 0. The van der Waals surface area contributed by atoms with Crippen molar-refractivity contribution >= 4 is 17.2 Å². The number of Topliss-reactive ketones (excluding diaryl/α,β-unsaturated/α-hetero) is 1. The second-order valence-corrected chi connectivity index (χ2v) is 6.46. The van der Waals surface area contributed by atoms with Crippen LogP contribution in [0, 0.1) is 5.92 Å². The van der Waals surface area contributed by atoms with Crippen molar-refractivity contribution in [3.63, 3.8) is 0 Å². The Morgan fingerprint density at radius 3 is 1.67 bits per heavy atom. The van der Waals surface area contributed by atoms with Crippen LogP contribution >= 0.6 is 0 Å². The monoisotopic (exact) mass is 430 g/mol. The molecule has 174 valence electrons. The standard InChI is InChI=1S/C19H32N2O7.C2H6/c1-14(2)15(22)4-7-26-10-12-28-13-11-27-9-6-21-17-16(18(23)19(17)24)20-5-8-25-3;1-2/h14,20-21H,4-13H2,1-3H3;1-2H3. The van der Waals surface area contributed by atoms with Crippen LogP contribution in [0.5, 0.6) is 0 Å². The molecule has 1 aromatic carbocycles. The largest absolute Gasteiger partial charge is 0.383 e. The van der Waals surface area contributed by atoms with E-state index in [0.29, 0.717) is 77.1 Å². The number of anilines is 2. The van der Waals surface area contributed by atoms with Crippen molar-refractivity contribution in [3.05, 3.63) is 20.4 Å². The zero-order valence-electron chi connectivity index (χ0n) is 19.0. The maximum atomic E-state index is 11.6. The highest BCUT2D eigenvalue weighted by Crippen LogP contribution is 2.13. The number of rotatable bonds is 18. The molecule has 1 rings (SSSR count). The van der Waals surface area contributed by atoms with E-state index >= 15 is 0 Å². The van der Waals surface area contributed by atoms with Gasteiger partial charge in [-0.1, -0.05) is 27.7 Å². The van der Waals surface area contributed by atoms with E-state index in [2.05, 4.69) is 10.6 Å². The van der Waals surface area contributed by atoms with Crippen LogP contribution in [0.1, 0.15) is 34.1 Å². The van der Waals surface area contributed by atoms with Gasteiger partial charge < -0.3 is 29.6 Å². The fourth-order valence-corrected chi connectivity index (χ4v) is 2.26. The van der Waals surface area contributed by atoms with E-state index in [9.17, 15) is 14.4 Å². The number of hydrogen-bond donors (Lipinski definition) is 2. The summed E-state index contributed by atoms with van der Waals surface area (Å²) in [5.74, 6) is 0.244. The minimum absolute atomic E-state index is 0.0455. The highest BCUT2D eigenvalue weighted by molar-refractivity contribution is 5.80. The third-order valence-electron chi connectivity index (χ3n) is 3.95. The van der Waals surface area contributed by atoms with Crippen molar-refractivity contribution in [2.45, 2.75) is 34.1 Å². The Morgan fingerprint density at radius 1 is 0.767 bits per heavy atom. The molecule has 0 aromatic heterocycles. The molecule has 0 atom stereocenters. The Hall–Kier alpha value is -1.81. The molecule has 0 unspecified atom stereocenters. The average molecular weight is 431 g/mol. The number of ether oxygens (including phenoxy) is 4. The summed E-state index contributed by atoms with van der Waals surface area (Å²) in [4.78, 5) is 34.5. The van der Waals surface area contributed by atoms with Crippen molar-refractivity contribution in [2.24, 2.45) is 5.92 Å². The first kappa shape index (κ1) is 28.2. The van der Waals surface area contributed by atoms with Gasteiger partial charge in [0, 0.05) is 32.5 Å². The average Bonchev–Trinajstić information content (AvgIpc) is 2.76. The molecular weight excluding hydrogens is 392 g/mol. The van der Waals surface area contributed by atoms with Gasteiger partial charge in [0.1, 0.15) is 17.2 Å². The Balaban J connectivity index is 0.00000407. The molecule has 0 saturated heterocycles. The summed E-state index contributed by atoms with van der Waals surface area (Å²) in [6.45, 7) is 11.6. The van der Waals surface area contributed by atoms with Crippen LogP contribution in [0.4, 0.5) is 11.4 Å². The molecule has 30 heavy (non-hydrogen) atoms. The molecular formula is C21H38N2O7. The summed E-state index contributed by atoms with van der Waals surface area (Å²) in [5.41, 5.74) is -0.420. The lowest BCUT2D eigenvalue weighted by Crippen LogP contribution is -2.38. The van der Waals surface area contributed by atoms with Crippen LogP contribution in [-0.2, 0) is 23.7 Å². The predicted octanol–water partition coefficient (Wildman–Crippen LogP) is 1.44. The van der Waals surface area contributed by atoms with Gasteiger partial charge in [-0.15, -0.1) is 0 Å². The lowest BCUT2D eigenvalue weighted by molar-refractivity contribution is -0.123. The molecule has 2 N–H and O–H groups in total. The van der Waals surface area contributed by atoms with Crippen molar-refractivity contribution in [2.75, 3.05) is 77.1 Å². The molecule has 0 fully saturated rings. The molecule has 9 nitrogen and oxygen atoms in total. The molecule has 0 heterocycles. The van der Waals surface area contributed by atoms with Gasteiger partial charge in [-0.05, 0) is 0 Å². The lowest BCUT2D eigenvalue weighted by atomic mass is 10.1. The van der Waals surface area contributed by atoms with E-state index in [0.717, 1.165) is 0 Å². The molecule has 0 aliphatic rings.